The average Bonchev–Trinajstić information content (AvgIpc) is 3.51. The number of piperazine rings is 1. The zero-order valence-corrected chi connectivity index (χ0v) is 32.8. The van der Waals surface area contributed by atoms with Crippen LogP contribution in [0.4, 0.5) is 0 Å². The van der Waals surface area contributed by atoms with Crippen molar-refractivity contribution in [1.82, 2.24) is 20.4 Å². The summed E-state index contributed by atoms with van der Waals surface area (Å²) in [6.07, 6.45) is 2.97. The van der Waals surface area contributed by atoms with E-state index in [9.17, 15) is 24.9 Å². The molecule has 0 aliphatic carbocycles. The molecule has 47 heavy (non-hydrogen) atoms. The number of carbonyl (C=O) groups is 2. The molecule has 12 nitrogen and oxygen atoms in total. The van der Waals surface area contributed by atoms with Gasteiger partial charge >= 0.3 is 0 Å². The van der Waals surface area contributed by atoms with E-state index >= 15 is 0 Å². The topological polar surface area (TPSA) is 153 Å². The van der Waals surface area contributed by atoms with Crippen molar-refractivity contribution >= 4 is 11.8 Å². The number of phenols is 2. The van der Waals surface area contributed by atoms with Gasteiger partial charge in [-0.1, -0.05) is 25.8 Å². The molecule has 2 amide bonds. The molecule has 2 aromatic rings. The zero-order chi connectivity index (χ0) is 33.0. The standard InChI is InChI=1S/C34H46N4O8.Ac/c1-7-8-9-10-24(39)36-18(4)33(42)35-14-23-26-20(28(40)17(3)31-32(26)46-15-45-31)13-21-27-25-19(11-16(2)30(44-6)29(25)41)12-22(37(27)5)34(43)38(21)23;/h11,18,21-23,27,34,40-41,43H,7-10,12-15H2,1-6H3,(H,35,42)(H,36,39);/t18-,21?,22-,23-,27-,34-;/m0./s1. The Morgan fingerprint density at radius 1 is 1.09 bits per heavy atom. The molecule has 13 heteroatoms. The van der Waals surface area contributed by atoms with Crippen LogP contribution < -0.4 is 24.8 Å². The van der Waals surface area contributed by atoms with Gasteiger partial charge in [-0.15, -0.1) is 0 Å². The second-order valence-corrected chi connectivity index (χ2v) is 13.1. The first-order chi connectivity index (χ1) is 22.0. The summed E-state index contributed by atoms with van der Waals surface area (Å²) in [6.45, 7) is 7.46. The molecule has 0 aromatic heterocycles. The second kappa shape index (κ2) is 14.3. The molecule has 1 fully saturated rings. The SMILES string of the molecule is CCCCCC(=O)N[C@@H](C)C(=O)NC[C@H]1c2c(c(O)c(C)c3c2OCO3)CC2[C@H]3c4c(cc(C)c(OC)c4O)C[C@@H]([C@H](O)N21)N3C.[Ac]. The van der Waals surface area contributed by atoms with Crippen LogP contribution >= 0.6 is 0 Å². The van der Waals surface area contributed by atoms with Gasteiger partial charge in [-0.05, 0) is 58.2 Å². The van der Waals surface area contributed by atoms with Crippen molar-refractivity contribution in [1.29, 1.82) is 0 Å². The first-order valence-corrected chi connectivity index (χ1v) is 16.3. The molecule has 2 aromatic carbocycles. The number of rotatable bonds is 9. The first-order valence-electron chi connectivity index (χ1n) is 16.3. The summed E-state index contributed by atoms with van der Waals surface area (Å²) >= 11 is 0. The maximum Gasteiger partial charge on any atom is 0.242 e. The molecule has 253 valence electrons. The molecule has 1 saturated heterocycles. The monoisotopic (exact) mass is 865 g/mol. The number of unbranched alkanes of at least 4 members (excludes halogenated alkanes) is 2. The van der Waals surface area contributed by atoms with Gasteiger partial charge in [-0.3, -0.25) is 19.4 Å². The van der Waals surface area contributed by atoms with E-state index in [1.165, 1.54) is 7.11 Å². The van der Waals surface area contributed by atoms with Crippen molar-refractivity contribution in [3.63, 3.8) is 0 Å². The third-order valence-electron chi connectivity index (χ3n) is 10.4. The van der Waals surface area contributed by atoms with Gasteiger partial charge in [0.1, 0.15) is 18.0 Å². The smallest absolute Gasteiger partial charge is 0.242 e. The van der Waals surface area contributed by atoms with Crippen molar-refractivity contribution < 1.29 is 83.2 Å². The van der Waals surface area contributed by atoms with E-state index < -0.39 is 24.4 Å². The fraction of sp³-hybridized carbons (Fsp3) is 0.588. The predicted molar refractivity (Wildman–Crippen MR) is 169 cm³/mol. The molecule has 6 rings (SSSR count). The number of aryl methyl sites for hydroxylation is 1. The summed E-state index contributed by atoms with van der Waals surface area (Å²) in [4.78, 5) is 29.9. The molecule has 2 bridgehead atoms. The number of aliphatic hydroxyl groups is 1. The van der Waals surface area contributed by atoms with E-state index in [0.717, 1.165) is 36.0 Å². The molecule has 4 heterocycles. The normalized spacial score (nSPS) is 24.7. The Balaban J connectivity index is 0.00000433. The van der Waals surface area contributed by atoms with Gasteiger partial charge in [0.05, 0.1) is 25.2 Å². The second-order valence-electron chi connectivity index (χ2n) is 13.1. The minimum atomic E-state index is -0.948. The first kappa shape index (κ1) is 36.0. The van der Waals surface area contributed by atoms with Gasteiger partial charge in [0.25, 0.3) is 0 Å². The third-order valence-corrected chi connectivity index (χ3v) is 10.4. The number of nitrogens with one attached hydrogen (secondary N) is 2. The van der Waals surface area contributed by atoms with Crippen LogP contribution in [0.2, 0.25) is 0 Å². The fourth-order valence-corrected chi connectivity index (χ4v) is 8.12. The third kappa shape index (κ3) is 6.09. The number of fused-ring (bicyclic) bond motifs is 9. The molecule has 4 aliphatic heterocycles. The van der Waals surface area contributed by atoms with Crippen molar-refractivity contribution in [2.24, 2.45) is 0 Å². The Morgan fingerprint density at radius 2 is 1.81 bits per heavy atom. The number of ether oxygens (including phenoxy) is 3. The zero-order valence-electron chi connectivity index (χ0n) is 28.1. The minimum absolute atomic E-state index is 0. The number of carbonyl (C=O) groups excluding carboxylic acids is 2. The maximum atomic E-state index is 13.4. The van der Waals surface area contributed by atoms with Crippen LogP contribution in [0.25, 0.3) is 0 Å². The summed E-state index contributed by atoms with van der Waals surface area (Å²) in [7, 11) is 3.49. The number of phenolic OH excluding ortho intramolecular Hbond substituents is 2. The van der Waals surface area contributed by atoms with Crippen molar-refractivity contribution in [3.8, 4) is 28.7 Å². The summed E-state index contributed by atoms with van der Waals surface area (Å²) in [5.74, 6) is 0.997. The summed E-state index contributed by atoms with van der Waals surface area (Å²) in [5.41, 5.74) is 4.39. The Kier molecular flexibility index (Phi) is 10.9. The number of benzene rings is 2. The van der Waals surface area contributed by atoms with Gasteiger partial charge < -0.3 is 40.2 Å². The number of aliphatic hydroxyl groups excluding tert-OH is 1. The number of hydrogen-bond donors (Lipinski definition) is 5. The number of hydrogen-bond acceptors (Lipinski definition) is 10. The Hall–Kier alpha value is -2.30. The van der Waals surface area contributed by atoms with Gasteiger partial charge in [-0.25, -0.2) is 0 Å². The van der Waals surface area contributed by atoms with E-state index in [4.69, 9.17) is 14.2 Å². The maximum absolute atomic E-state index is 13.4. The largest absolute Gasteiger partial charge is 0.507 e. The van der Waals surface area contributed by atoms with E-state index in [-0.39, 0.29) is 92.8 Å². The van der Waals surface area contributed by atoms with E-state index in [1.807, 2.05) is 24.9 Å². The van der Waals surface area contributed by atoms with E-state index in [2.05, 4.69) is 22.5 Å². The van der Waals surface area contributed by atoms with Crippen LogP contribution in [0.15, 0.2) is 6.07 Å². The number of aromatic hydroxyl groups is 2. The van der Waals surface area contributed by atoms with Crippen LogP contribution in [0.1, 0.15) is 85.0 Å². The molecule has 0 saturated carbocycles. The minimum Gasteiger partial charge on any atom is -0.507 e. The van der Waals surface area contributed by atoms with Crippen LogP contribution in [-0.4, -0.2) is 88.8 Å². The van der Waals surface area contributed by atoms with Gasteiger partial charge in [0.15, 0.2) is 23.0 Å². The van der Waals surface area contributed by atoms with Crippen LogP contribution in [0, 0.1) is 57.9 Å². The molecular formula is C34H46AcN4O8. The van der Waals surface area contributed by atoms with E-state index in [1.54, 1.807) is 13.8 Å². The number of likely N-dealkylation sites (N-methyl/N-ethyl adjacent to an activating group) is 1. The van der Waals surface area contributed by atoms with Gasteiger partial charge in [0.2, 0.25) is 18.6 Å². The summed E-state index contributed by atoms with van der Waals surface area (Å²) in [6, 6.07) is -0.423. The Labute approximate surface area is 311 Å². The number of nitrogens with zero attached hydrogens (tertiary/aromatic N) is 2. The van der Waals surface area contributed by atoms with Crippen LogP contribution in [0.3, 0.4) is 0 Å². The molecule has 5 N–H and O–H groups in total. The molecule has 6 atom stereocenters. The molecular weight excluding hydrogens is 819 g/mol. The van der Waals surface area contributed by atoms with Gasteiger partial charge in [-0.2, -0.15) is 0 Å². The fourth-order valence-electron chi connectivity index (χ4n) is 8.12. The van der Waals surface area contributed by atoms with Crippen molar-refractivity contribution in [3.05, 3.63) is 39.4 Å². The van der Waals surface area contributed by atoms with Gasteiger partial charge in [0, 0.05) is 85.3 Å². The van der Waals surface area contributed by atoms with Crippen LogP contribution in [-0.2, 0) is 22.4 Å². The Bertz CT molecular complexity index is 1550. The van der Waals surface area contributed by atoms with E-state index in [0.29, 0.717) is 53.2 Å². The van der Waals surface area contributed by atoms with Crippen molar-refractivity contribution in [2.45, 2.75) is 103 Å². The Morgan fingerprint density at radius 3 is 2.51 bits per heavy atom. The quantitative estimate of drug-likeness (QED) is 0.238. The van der Waals surface area contributed by atoms with Crippen LogP contribution in [0.5, 0.6) is 28.7 Å². The predicted octanol–water partition coefficient (Wildman–Crippen LogP) is 2.85. The molecule has 0 spiro atoms. The van der Waals surface area contributed by atoms with Crippen molar-refractivity contribution in [2.75, 3.05) is 27.5 Å². The molecule has 1 unspecified atom stereocenters. The summed E-state index contributed by atoms with van der Waals surface area (Å²) < 4.78 is 17.4. The molecule has 1 radical (unpaired) electrons. The molecule has 4 aliphatic rings. The number of methoxy groups -OCH3 is 1. The summed E-state index contributed by atoms with van der Waals surface area (Å²) in [5, 5.41) is 41.0. The number of amides is 2. The average molecular weight is 866 g/mol.